The minimum Gasteiger partial charge on any atom is -0.462 e. The summed E-state index contributed by atoms with van der Waals surface area (Å²) in [5.74, 6) is -6.80. The third kappa shape index (κ3) is 7.43. The molecule has 2 aliphatic carbocycles. The van der Waals surface area contributed by atoms with Crippen LogP contribution in [0.2, 0.25) is 0 Å². The van der Waals surface area contributed by atoms with Gasteiger partial charge in [-0.25, -0.2) is 0 Å². The first-order valence-electron chi connectivity index (χ1n) is 15.1. The van der Waals surface area contributed by atoms with Crippen LogP contribution in [-0.4, -0.2) is 94.9 Å². The Balaban J connectivity index is 2.36. The van der Waals surface area contributed by atoms with Crippen molar-refractivity contribution in [2.24, 2.45) is 17.3 Å². The highest BCUT2D eigenvalue weighted by molar-refractivity contribution is 5.78. The summed E-state index contributed by atoms with van der Waals surface area (Å²) in [6, 6.07) is 0. The van der Waals surface area contributed by atoms with Gasteiger partial charge in [0.05, 0.1) is 24.4 Å². The summed E-state index contributed by atoms with van der Waals surface area (Å²) >= 11 is 0. The fourth-order valence-corrected chi connectivity index (χ4v) is 6.98. The van der Waals surface area contributed by atoms with Gasteiger partial charge in [-0.3, -0.25) is 28.8 Å². The summed E-state index contributed by atoms with van der Waals surface area (Å²) in [6.07, 6.45) is -5.03. The van der Waals surface area contributed by atoms with Gasteiger partial charge in [0.1, 0.15) is 30.5 Å². The third-order valence-electron chi connectivity index (χ3n) is 9.10. The molecular formula is C32H44O14. The van der Waals surface area contributed by atoms with Gasteiger partial charge in [0.2, 0.25) is 0 Å². The molecule has 10 atom stereocenters. The highest BCUT2D eigenvalue weighted by atomic mass is 16.6. The van der Waals surface area contributed by atoms with E-state index in [1.54, 1.807) is 19.9 Å². The molecule has 3 rings (SSSR count). The number of rotatable bonds is 8. The van der Waals surface area contributed by atoms with Crippen molar-refractivity contribution in [2.45, 2.75) is 117 Å². The van der Waals surface area contributed by atoms with Crippen LogP contribution in [0.5, 0.6) is 0 Å². The second kappa shape index (κ2) is 14.3. The van der Waals surface area contributed by atoms with Gasteiger partial charge in [0, 0.05) is 46.5 Å². The fourth-order valence-electron chi connectivity index (χ4n) is 6.98. The molecule has 3 unspecified atom stereocenters. The summed E-state index contributed by atoms with van der Waals surface area (Å²) in [7, 11) is 0. The van der Waals surface area contributed by atoms with Crippen molar-refractivity contribution in [1.29, 1.82) is 0 Å². The van der Waals surface area contributed by atoms with Crippen molar-refractivity contribution in [1.82, 2.24) is 0 Å². The molecule has 1 saturated heterocycles. The fraction of sp³-hybridized carbons (Fsp3) is 0.688. The van der Waals surface area contributed by atoms with Crippen LogP contribution in [0.3, 0.4) is 0 Å². The van der Waals surface area contributed by atoms with E-state index in [1.807, 2.05) is 0 Å². The quantitative estimate of drug-likeness (QED) is 0.218. The van der Waals surface area contributed by atoms with Gasteiger partial charge in [-0.1, -0.05) is 18.6 Å². The van der Waals surface area contributed by atoms with Crippen LogP contribution in [0.25, 0.3) is 0 Å². The predicted molar refractivity (Wildman–Crippen MR) is 156 cm³/mol. The summed E-state index contributed by atoms with van der Waals surface area (Å²) in [6.45, 7) is 10.2. The lowest BCUT2D eigenvalue weighted by molar-refractivity contribution is -0.218. The number of hydrogen-bond acceptors (Lipinski definition) is 14. The molecule has 0 aromatic heterocycles. The van der Waals surface area contributed by atoms with Gasteiger partial charge in [-0.2, -0.15) is 0 Å². The van der Waals surface area contributed by atoms with Crippen molar-refractivity contribution in [3.8, 4) is 0 Å². The van der Waals surface area contributed by atoms with Crippen molar-refractivity contribution in [3.63, 3.8) is 0 Å². The van der Waals surface area contributed by atoms with Crippen LogP contribution in [-0.2, 0) is 57.2 Å². The van der Waals surface area contributed by atoms with Crippen LogP contribution in [0.15, 0.2) is 23.3 Å². The Morgan fingerprint density at radius 2 is 1.57 bits per heavy atom. The summed E-state index contributed by atoms with van der Waals surface area (Å²) in [4.78, 5) is 75.3. The monoisotopic (exact) mass is 652 g/mol. The minimum atomic E-state index is -2.27. The molecule has 14 heteroatoms. The number of aliphatic hydroxyl groups excluding tert-OH is 1. The lowest BCUT2D eigenvalue weighted by Crippen LogP contribution is -2.65. The second-order valence-corrected chi connectivity index (χ2v) is 12.5. The molecule has 0 radical (unpaired) electrons. The van der Waals surface area contributed by atoms with Gasteiger partial charge in [-0.15, -0.1) is 0 Å². The normalized spacial score (nSPS) is 35.8. The molecule has 0 aromatic carbocycles. The first-order chi connectivity index (χ1) is 21.4. The standard InChI is InChI=1S/C32H44O14/c1-15-9-10-24(42-19(5)35)31(8)25(43-20(6)36)13-23(45-27(38)11-16(2)41-18(4)34)22(14-33)12-26-32(40,17(3)30(39)46-26)29(28(15)31)44-21(7)37/h9,12,16-17,23-26,28-29,33,40H,10-11,13-14H2,1-8H3/b22-12-/t16?,17-,23?,24-,25+,26-,28+,29?,31+,32-/m0/s1. The minimum absolute atomic E-state index is 0.0216. The molecule has 0 bridgehead atoms. The number of carbonyl (C=O) groups excluding carboxylic acids is 6. The number of hydrogen-bond donors (Lipinski definition) is 2. The van der Waals surface area contributed by atoms with E-state index in [9.17, 15) is 39.0 Å². The van der Waals surface area contributed by atoms with E-state index in [0.29, 0.717) is 5.57 Å². The zero-order valence-corrected chi connectivity index (χ0v) is 27.4. The zero-order chi connectivity index (χ0) is 34.7. The first kappa shape index (κ1) is 36.7. The van der Waals surface area contributed by atoms with E-state index < -0.39 is 102 Å². The van der Waals surface area contributed by atoms with Crippen molar-refractivity contribution in [3.05, 3.63) is 23.3 Å². The highest BCUT2D eigenvalue weighted by Crippen LogP contribution is 2.55. The molecule has 0 aromatic rings. The Labute approximate surface area is 267 Å². The average molecular weight is 653 g/mol. The molecule has 0 spiro atoms. The predicted octanol–water partition coefficient (Wildman–Crippen LogP) is 1.62. The lowest BCUT2D eigenvalue weighted by Gasteiger charge is -2.55. The van der Waals surface area contributed by atoms with E-state index in [0.717, 1.165) is 13.8 Å². The molecule has 2 N–H and O–H groups in total. The Hall–Kier alpha value is -3.78. The van der Waals surface area contributed by atoms with Crippen molar-refractivity contribution >= 4 is 35.8 Å². The number of carbonyl (C=O) groups is 6. The third-order valence-corrected chi connectivity index (χ3v) is 9.10. The van der Waals surface area contributed by atoms with E-state index >= 15 is 0 Å². The molecule has 14 nitrogen and oxygen atoms in total. The van der Waals surface area contributed by atoms with Crippen LogP contribution in [0.4, 0.5) is 0 Å². The zero-order valence-electron chi connectivity index (χ0n) is 27.4. The largest absolute Gasteiger partial charge is 0.462 e. The Kier molecular flexibility index (Phi) is 11.4. The van der Waals surface area contributed by atoms with Gasteiger partial charge < -0.3 is 38.6 Å². The summed E-state index contributed by atoms with van der Waals surface area (Å²) in [5.41, 5.74) is -3.20. The summed E-state index contributed by atoms with van der Waals surface area (Å²) in [5, 5.41) is 23.1. The van der Waals surface area contributed by atoms with Gasteiger partial charge in [0.15, 0.2) is 11.7 Å². The van der Waals surface area contributed by atoms with Crippen molar-refractivity contribution < 1.29 is 67.4 Å². The number of ether oxygens (including phenoxy) is 6. The maximum atomic E-state index is 13.1. The second-order valence-electron chi connectivity index (χ2n) is 12.5. The topological polar surface area (TPSA) is 198 Å². The molecule has 1 aliphatic heterocycles. The lowest BCUT2D eigenvalue weighted by atomic mass is 9.56. The molecule has 0 saturated carbocycles. The van der Waals surface area contributed by atoms with E-state index in [-0.39, 0.29) is 24.8 Å². The molecule has 1 fully saturated rings. The average Bonchev–Trinajstić information content (AvgIpc) is 3.14. The van der Waals surface area contributed by atoms with Gasteiger partial charge >= 0.3 is 35.8 Å². The number of fused-ring (bicyclic) bond motifs is 2. The van der Waals surface area contributed by atoms with Crippen LogP contribution in [0.1, 0.15) is 74.7 Å². The van der Waals surface area contributed by atoms with Gasteiger partial charge in [0.25, 0.3) is 0 Å². The molecular weight excluding hydrogens is 608 g/mol. The molecule has 256 valence electrons. The smallest absolute Gasteiger partial charge is 0.312 e. The maximum absolute atomic E-state index is 13.1. The van der Waals surface area contributed by atoms with Crippen LogP contribution >= 0.6 is 0 Å². The Bertz CT molecular complexity index is 1300. The van der Waals surface area contributed by atoms with Crippen molar-refractivity contribution in [2.75, 3.05) is 6.61 Å². The Morgan fingerprint density at radius 3 is 2.11 bits per heavy atom. The van der Waals surface area contributed by atoms with Gasteiger partial charge in [-0.05, 0) is 32.4 Å². The first-order valence-corrected chi connectivity index (χ1v) is 15.1. The van der Waals surface area contributed by atoms with Crippen LogP contribution in [0, 0.1) is 17.3 Å². The Morgan fingerprint density at radius 1 is 0.978 bits per heavy atom. The highest BCUT2D eigenvalue weighted by Gasteiger charge is 2.67. The SMILES string of the molecule is CC(=O)OC(C)CC(=O)OC1C[C@@H](OC(C)=O)[C@@]2(C)[C@@H](OC(C)=O)CC=C(C)[C@@H]2C(OC(C)=O)[C@@]2(O)[C@H](/C=C\1CO)OC(=O)[C@@H]2C. The summed E-state index contributed by atoms with van der Waals surface area (Å²) < 4.78 is 34.0. The number of aliphatic hydroxyl groups is 2. The molecule has 3 aliphatic rings. The number of esters is 6. The molecule has 0 amide bonds. The van der Waals surface area contributed by atoms with E-state index in [2.05, 4.69) is 0 Å². The maximum Gasteiger partial charge on any atom is 0.312 e. The van der Waals surface area contributed by atoms with E-state index in [1.165, 1.54) is 33.8 Å². The molecule has 1 heterocycles. The molecule has 46 heavy (non-hydrogen) atoms. The van der Waals surface area contributed by atoms with E-state index in [4.69, 9.17) is 28.4 Å². The van der Waals surface area contributed by atoms with Crippen LogP contribution < -0.4 is 0 Å².